The Bertz CT molecular complexity index is 830. The zero-order valence-electron chi connectivity index (χ0n) is 22.5. The van der Waals surface area contributed by atoms with Gasteiger partial charge in [0.15, 0.2) is 0 Å². The molecule has 3 heteroatoms. The Kier molecular flexibility index (Phi) is 5.13. The van der Waals surface area contributed by atoms with Crippen molar-refractivity contribution < 1.29 is 15.0 Å². The van der Waals surface area contributed by atoms with E-state index in [4.69, 9.17) is 0 Å². The second-order valence-corrected chi connectivity index (χ2v) is 15.5. The van der Waals surface area contributed by atoms with E-state index in [9.17, 15) is 15.0 Å². The van der Waals surface area contributed by atoms with Crippen LogP contribution in [0.5, 0.6) is 0 Å². The van der Waals surface area contributed by atoms with Gasteiger partial charge in [0.25, 0.3) is 0 Å². The van der Waals surface area contributed by atoms with Gasteiger partial charge in [-0.15, -0.1) is 0 Å². The standard InChI is InChI=1S/C30H50O3/c1-25(2)14-16-30(24(32)33)17-15-28(6)19(20(30)18-25)8-9-22-27(5)12-11-23(31)26(3,4)21(27)10-13-29(22,28)7/h19-23,31H,8-18H2,1-7H3,(H,32,33). The molecular weight excluding hydrogens is 408 g/mol. The molecule has 5 rings (SSSR count). The van der Waals surface area contributed by atoms with Crippen molar-refractivity contribution in [1.82, 2.24) is 0 Å². The first-order valence-electron chi connectivity index (χ1n) is 14.1. The molecule has 5 aliphatic carbocycles. The third kappa shape index (κ3) is 2.93. The first kappa shape index (κ1) is 24.1. The van der Waals surface area contributed by atoms with Crippen LogP contribution in [-0.4, -0.2) is 22.3 Å². The van der Waals surface area contributed by atoms with Crippen LogP contribution < -0.4 is 0 Å². The van der Waals surface area contributed by atoms with Crippen LogP contribution >= 0.6 is 0 Å². The second kappa shape index (κ2) is 7.01. The van der Waals surface area contributed by atoms with Gasteiger partial charge in [-0.25, -0.2) is 0 Å². The Morgan fingerprint density at radius 3 is 2.03 bits per heavy atom. The van der Waals surface area contributed by atoms with E-state index in [2.05, 4.69) is 48.5 Å². The van der Waals surface area contributed by atoms with Gasteiger partial charge in [-0.2, -0.15) is 0 Å². The van der Waals surface area contributed by atoms with Gasteiger partial charge in [0.1, 0.15) is 0 Å². The van der Waals surface area contributed by atoms with Gasteiger partial charge in [-0.3, -0.25) is 4.79 Å². The van der Waals surface area contributed by atoms with Crippen molar-refractivity contribution >= 4 is 5.97 Å². The molecule has 9 atom stereocenters. The minimum Gasteiger partial charge on any atom is -0.481 e. The summed E-state index contributed by atoms with van der Waals surface area (Å²) in [7, 11) is 0. The predicted octanol–water partition coefficient (Wildman–Crippen LogP) is 7.31. The van der Waals surface area contributed by atoms with Crippen molar-refractivity contribution in [2.75, 3.05) is 0 Å². The minimum absolute atomic E-state index is 0.00942. The summed E-state index contributed by atoms with van der Waals surface area (Å²) in [6.45, 7) is 17.2. The van der Waals surface area contributed by atoms with E-state index in [1.54, 1.807) is 0 Å². The fourth-order valence-corrected chi connectivity index (χ4v) is 11.4. The van der Waals surface area contributed by atoms with Gasteiger partial charge in [0.2, 0.25) is 0 Å². The Morgan fingerprint density at radius 1 is 0.697 bits per heavy atom. The Labute approximate surface area is 202 Å². The highest BCUT2D eigenvalue weighted by atomic mass is 16.4. The molecule has 0 saturated heterocycles. The topological polar surface area (TPSA) is 57.5 Å². The number of carbonyl (C=O) groups is 1. The molecule has 0 bridgehead atoms. The average molecular weight is 459 g/mol. The molecule has 33 heavy (non-hydrogen) atoms. The molecular formula is C30H50O3. The molecule has 0 radical (unpaired) electrons. The van der Waals surface area contributed by atoms with E-state index >= 15 is 0 Å². The molecule has 0 aromatic carbocycles. The summed E-state index contributed by atoms with van der Waals surface area (Å²) in [5.41, 5.74) is 0.544. The molecule has 5 fully saturated rings. The lowest BCUT2D eigenvalue weighted by atomic mass is 9.31. The smallest absolute Gasteiger partial charge is 0.309 e. The van der Waals surface area contributed by atoms with Crippen molar-refractivity contribution in [1.29, 1.82) is 0 Å². The lowest BCUT2D eigenvalue weighted by molar-refractivity contribution is -0.255. The lowest BCUT2D eigenvalue weighted by Crippen LogP contribution is -2.67. The molecule has 2 N–H and O–H groups in total. The van der Waals surface area contributed by atoms with Crippen LogP contribution in [0.2, 0.25) is 0 Å². The fourth-order valence-electron chi connectivity index (χ4n) is 11.4. The molecule has 188 valence electrons. The zero-order valence-corrected chi connectivity index (χ0v) is 22.5. The van der Waals surface area contributed by atoms with E-state index in [0.29, 0.717) is 23.7 Å². The molecule has 0 aromatic rings. The Morgan fingerprint density at radius 2 is 1.36 bits per heavy atom. The number of rotatable bonds is 1. The zero-order chi connectivity index (χ0) is 24.2. The van der Waals surface area contributed by atoms with E-state index in [0.717, 1.165) is 44.9 Å². The van der Waals surface area contributed by atoms with E-state index in [1.165, 1.54) is 25.7 Å². The van der Waals surface area contributed by atoms with Gasteiger partial charge >= 0.3 is 5.97 Å². The number of fused-ring (bicyclic) bond motifs is 7. The van der Waals surface area contributed by atoms with E-state index < -0.39 is 11.4 Å². The van der Waals surface area contributed by atoms with Gasteiger partial charge < -0.3 is 10.2 Å². The minimum atomic E-state index is -0.504. The summed E-state index contributed by atoms with van der Waals surface area (Å²) in [6, 6.07) is 0. The molecule has 0 aromatic heterocycles. The lowest BCUT2D eigenvalue weighted by Gasteiger charge is -2.73. The molecule has 0 aliphatic heterocycles. The number of hydrogen-bond acceptors (Lipinski definition) is 2. The van der Waals surface area contributed by atoms with E-state index in [-0.39, 0.29) is 33.2 Å². The first-order chi connectivity index (χ1) is 15.1. The van der Waals surface area contributed by atoms with Crippen LogP contribution in [0.3, 0.4) is 0 Å². The highest BCUT2D eigenvalue weighted by Gasteiger charge is 2.71. The summed E-state index contributed by atoms with van der Waals surface area (Å²) >= 11 is 0. The maximum atomic E-state index is 12.8. The van der Waals surface area contributed by atoms with Crippen LogP contribution in [0.4, 0.5) is 0 Å². The highest BCUT2D eigenvalue weighted by molar-refractivity contribution is 5.75. The summed E-state index contributed by atoms with van der Waals surface area (Å²) in [5.74, 6) is 1.62. The SMILES string of the molecule is CC1(C)CCC2(C(=O)O)CCC3(C)C(CCC4C5(C)CCC(O)C(C)(C)C5CCC43C)C2C1. The summed E-state index contributed by atoms with van der Waals surface area (Å²) in [5, 5.41) is 21.4. The number of hydrogen-bond donors (Lipinski definition) is 2. The van der Waals surface area contributed by atoms with Crippen LogP contribution in [0.25, 0.3) is 0 Å². The Hall–Kier alpha value is -0.570. The van der Waals surface area contributed by atoms with Gasteiger partial charge in [0, 0.05) is 0 Å². The summed E-state index contributed by atoms with van der Waals surface area (Å²) < 4.78 is 0. The molecule has 5 saturated carbocycles. The van der Waals surface area contributed by atoms with Crippen molar-refractivity contribution in [2.24, 2.45) is 56.2 Å². The summed E-state index contributed by atoms with van der Waals surface area (Å²) in [6.07, 6.45) is 11.8. The number of aliphatic hydroxyl groups is 1. The number of carboxylic acid groups (broad SMARTS) is 1. The number of carboxylic acids is 1. The molecule has 9 unspecified atom stereocenters. The third-order valence-corrected chi connectivity index (χ3v) is 13.6. The highest BCUT2D eigenvalue weighted by Crippen LogP contribution is 2.77. The van der Waals surface area contributed by atoms with Crippen LogP contribution in [-0.2, 0) is 4.79 Å². The second-order valence-electron chi connectivity index (χ2n) is 15.5. The van der Waals surface area contributed by atoms with Gasteiger partial charge in [-0.05, 0) is 121 Å². The number of aliphatic carboxylic acids is 1. The fraction of sp³-hybridized carbons (Fsp3) is 0.967. The normalized spacial score (nSPS) is 54.8. The van der Waals surface area contributed by atoms with Gasteiger partial charge in [0.05, 0.1) is 11.5 Å². The van der Waals surface area contributed by atoms with Crippen molar-refractivity contribution in [3.8, 4) is 0 Å². The van der Waals surface area contributed by atoms with Crippen molar-refractivity contribution in [3.05, 3.63) is 0 Å². The van der Waals surface area contributed by atoms with Crippen LogP contribution in [0, 0.1) is 56.2 Å². The maximum absolute atomic E-state index is 12.8. The average Bonchev–Trinajstić information content (AvgIpc) is 2.71. The molecule has 0 amide bonds. The summed E-state index contributed by atoms with van der Waals surface area (Å²) in [4.78, 5) is 12.8. The van der Waals surface area contributed by atoms with Gasteiger partial charge in [-0.1, -0.05) is 48.5 Å². The molecule has 3 nitrogen and oxygen atoms in total. The molecule has 0 heterocycles. The number of aliphatic hydroxyl groups excluding tert-OH is 1. The predicted molar refractivity (Wildman–Crippen MR) is 133 cm³/mol. The van der Waals surface area contributed by atoms with Crippen molar-refractivity contribution in [2.45, 2.75) is 125 Å². The van der Waals surface area contributed by atoms with Crippen molar-refractivity contribution in [3.63, 3.8) is 0 Å². The monoisotopic (exact) mass is 458 g/mol. The quantitative estimate of drug-likeness (QED) is 0.433. The first-order valence-corrected chi connectivity index (χ1v) is 14.1. The third-order valence-electron chi connectivity index (χ3n) is 13.6. The molecule has 5 aliphatic rings. The maximum Gasteiger partial charge on any atom is 0.309 e. The van der Waals surface area contributed by atoms with Crippen LogP contribution in [0.15, 0.2) is 0 Å². The van der Waals surface area contributed by atoms with Crippen LogP contribution in [0.1, 0.15) is 119 Å². The Balaban J connectivity index is 1.54. The van der Waals surface area contributed by atoms with E-state index in [1.807, 2.05) is 0 Å². The molecule has 0 spiro atoms. The largest absolute Gasteiger partial charge is 0.481 e.